The van der Waals surface area contributed by atoms with Gasteiger partial charge in [-0.2, -0.15) is 13.2 Å². The number of hydrogen-bond donors (Lipinski definition) is 2. The summed E-state index contributed by atoms with van der Waals surface area (Å²) in [5.41, 5.74) is 3.11. The lowest BCUT2D eigenvalue weighted by molar-refractivity contribution is -0.137. The van der Waals surface area contributed by atoms with E-state index in [0.29, 0.717) is 10.2 Å². The normalized spacial score (nSPS) is 14.4. The number of benzene rings is 2. The van der Waals surface area contributed by atoms with Gasteiger partial charge in [0.25, 0.3) is 5.56 Å². The van der Waals surface area contributed by atoms with Crippen LogP contribution in [0.4, 0.5) is 18.9 Å². The number of thiophene rings is 1. The minimum Gasteiger partial charge on any atom is -0.324 e. The number of fused-ring (bicyclic) bond motifs is 2. The molecule has 11 heteroatoms. The molecule has 0 aliphatic heterocycles. The number of rotatable bonds is 5. The summed E-state index contributed by atoms with van der Waals surface area (Å²) >= 11 is 8.34. The Morgan fingerprint density at radius 2 is 1.92 bits per heavy atom. The molecule has 4 aromatic rings. The summed E-state index contributed by atoms with van der Waals surface area (Å²) in [6, 6.07) is 9.05. The number of nitrogens with one attached hydrogen (secondary N) is 2. The predicted molar refractivity (Wildman–Crippen MR) is 143 cm³/mol. The first-order chi connectivity index (χ1) is 17.6. The zero-order valence-electron chi connectivity index (χ0n) is 19.5. The average molecular weight is 564 g/mol. The molecule has 1 aliphatic carbocycles. The first-order valence-electron chi connectivity index (χ1n) is 11.6. The fourth-order valence-electron chi connectivity index (χ4n) is 4.35. The van der Waals surface area contributed by atoms with Crippen molar-refractivity contribution in [2.75, 3.05) is 5.32 Å². The van der Waals surface area contributed by atoms with Crippen LogP contribution in [0.25, 0.3) is 21.3 Å². The number of thioether (sulfide) groups is 1. The van der Waals surface area contributed by atoms with Gasteiger partial charge in [-0.25, -0.2) is 4.98 Å². The highest BCUT2D eigenvalue weighted by molar-refractivity contribution is 8.00. The molecule has 0 spiro atoms. The molecule has 5 rings (SSSR count). The van der Waals surface area contributed by atoms with Crippen LogP contribution in [-0.2, 0) is 23.8 Å². The van der Waals surface area contributed by atoms with Crippen LogP contribution in [0.2, 0.25) is 5.02 Å². The molecule has 1 amide bonds. The van der Waals surface area contributed by atoms with Gasteiger partial charge in [-0.15, -0.1) is 11.3 Å². The maximum absolute atomic E-state index is 13.0. The summed E-state index contributed by atoms with van der Waals surface area (Å²) < 4.78 is 39.1. The van der Waals surface area contributed by atoms with Gasteiger partial charge in [0.2, 0.25) is 5.91 Å². The Labute approximate surface area is 223 Å². The number of alkyl halides is 3. The van der Waals surface area contributed by atoms with Crippen molar-refractivity contribution in [3.8, 4) is 11.1 Å². The Balaban J connectivity index is 1.36. The second-order valence-corrected chi connectivity index (χ2v) is 11.4. The molecule has 1 aliphatic rings. The molecule has 37 heavy (non-hydrogen) atoms. The highest BCUT2D eigenvalue weighted by Gasteiger charge is 2.31. The van der Waals surface area contributed by atoms with Crippen LogP contribution in [0.3, 0.4) is 0 Å². The van der Waals surface area contributed by atoms with E-state index in [2.05, 4.69) is 27.4 Å². The number of halogens is 4. The predicted octanol–water partition coefficient (Wildman–Crippen LogP) is 7.32. The van der Waals surface area contributed by atoms with Gasteiger partial charge in [0.05, 0.1) is 26.9 Å². The van der Waals surface area contributed by atoms with Crippen LogP contribution < -0.4 is 10.9 Å². The molecule has 2 aromatic carbocycles. The molecule has 0 saturated heterocycles. The third-order valence-electron chi connectivity index (χ3n) is 6.29. The van der Waals surface area contributed by atoms with E-state index in [0.717, 1.165) is 60.4 Å². The van der Waals surface area contributed by atoms with Gasteiger partial charge >= 0.3 is 6.18 Å². The third-order valence-corrected chi connectivity index (χ3v) is 8.48. The largest absolute Gasteiger partial charge is 0.416 e. The molecule has 0 bridgehead atoms. The topological polar surface area (TPSA) is 74.8 Å². The molecular weight excluding hydrogens is 543 g/mol. The molecule has 2 heterocycles. The van der Waals surface area contributed by atoms with Crippen LogP contribution >= 0.6 is 34.7 Å². The molecule has 2 N–H and O–H groups in total. The van der Waals surface area contributed by atoms with Crippen molar-refractivity contribution in [2.45, 2.75) is 49.2 Å². The SMILES string of the molecule is CC(Sc1nc2scc(-c3ccc4c(c3)CCCC4)c2c(=O)[nH]1)C(=O)Nc1cc(C(F)(F)F)ccc1Cl. The van der Waals surface area contributed by atoms with E-state index in [9.17, 15) is 22.8 Å². The van der Waals surface area contributed by atoms with Gasteiger partial charge < -0.3 is 10.3 Å². The van der Waals surface area contributed by atoms with Crippen molar-refractivity contribution < 1.29 is 18.0 Å². The lowest BCUT2D eigenvalue weighted by Gasteiger charge is -2.16. The van der Waals surface area contributed by atoms with Crippen LogP contribution in [0.5, 0.6) is 0 Å². The maximum atomic E-state index is 13.0. The van der Waals surface area contributed by atoms with E-state index in [1.165, 1.54) is 28.9 Å². The average Bonchev–Trinajstić information content (AvgIpc) is 3.29. The second kappa shape index (κ2) is 10.2. The van der Waals surface area contributed by atoms with Gasteiger partial charge in [0, 0.05) is 10.9 Å². The third kappa shape index (κ3) is 5.42. The van der Waals surface area contributed by atoms with Gasteiger partial charge in [-0.3, -0.25) is 9.59 Å². The summed E-state index contributed by atoms with van der Waals surface area (Å²) in [6.45, 7) is 1.57. The highest BCUT2D eigenvalue weighted by atomic mass is 35.5. The van der Waals surface area contributed by atoms with E-state index in [-0.39, 0.29) is 21.4 Å². The van der Waals surface area contributed by atoms with Crippen LogP contribution in [0.1, 0.15) is 36.5 Å². The number of carbonyl (C=O) groups excluding carboxylic acids is 1. The van der Waals surface area contributed by atoms with Crippen LogP contribution in [0.15, 0.2) is 51.7 Å². The van der Waals surface area contributed by atoms with Crippen molar-refractivity contribution >= 4 is 56.5 Å². The number of nitrogens with zero attached hydrogens (tertiary/aromatic N) is 1. The van der Waals surface area contributed by atoms with E-state index in [4.69, 9.17) is 11.6 Å². The molecule has 0 saturated carbocycles. The molecule has 192 valence electrons. The summed E-state index contributed by atoms with van der Waals surface area (Å²) in [5.74, 6) is -0.574. The number of H-pyrrole nitrogens is 1. The van der Waals surface area contributed by atoms with Crippen LogP contribution in [0, 0.1) is 0 Å². The molecule has 2 aromatic heterocycles. The summed E-state index contributed by atoms with van der Waals surface area (Å²) in [5, 5.41) is 4.31. The zero-order chi connectivity index (χ0) is 26.3. The fourth-order valence-corrected chi connectivity index (χ4v) is 6.32. The summed E-state index contributed by atoms with van der Waals surface area (Å²) in [4.78, 5) is 33.6. The standard InChI is InChI=1S/C26H21ClF3N3O2S2/c1-13(22(34)31-20-11-17(26(28,29)30)8-9-19(20)27)37-25-32-23(35)21-18(12-36-24(21)33-25)16-7-6-14-4-2-3-5-15(14)10-16/h6-13H,2-5H2,1H3,(H,31,34)(H,32,33,35). The minimum absolute atomic E-state index is 0.0141. The van der Waals surface area contributed by atoms with Crippen LogP contribution in [-0.4, -0.2) is 21.1 Å². The molecule has 1 unspecified atom stereocenters. The van der Waals surface area contributed by atoms with Gasteiger partial charge in [-0.05, 0) is 67.5 Å². The number of hydrogen-bond acceptors (Lipinski definition) is 5. The Hall–Kier alpha value is -2.82. The number of anilines is 1. The first-order valence-corrected chi connectivity index (χ1v) is 13.7. The monoisotopic (exact) mass is 563 g/mol. The molecule has 5 nitrogen and oxygen atoms in total. The lowest BCUT2D eigenvalue weighted by atomic mass is 9.89. The van der Waals surface area contributed by atoms with Gasteiger partial charge in [-0.1, -0.05) is 41.6 Å². The zero-order valence-corrected chi connectivity index (χ0v) is 21.9. The quantitative estimate of drug-likeness (QED) is 0.197. The van der Waals surface area contributed by atoms with Gasteiger partial charge in [0.1, 0.15) is 4.83 Å². The van der Waals surface area contributed by atoms with Crippen molar-refractivity contribution in [1.82, 2.24) is 9.97 Å². The minimum atomic E-state index is -4.57. The highest BCUT2D eigenvalue weighted by Crippen LogP contribution is 2.36. The Morgan fingerprint density at radius 3 is 2.68 bits per heavy atom. The van der Waals surface area contributed by atoms with E-state index >= 15 is 0 Å². The number of aromatic nitrogens is 2. The first kappa shape index (κ1) is 25.8. The number of carbonyl (C=O) groups is 1. The smallest absolute Gasteiger partial charge is 0.324 e. The molecule has 0 radical (unpaired) electrons. The Kier molecular flexibility index (Phi) is 7.08. The number of amides is 1. The number of aryl methyl sites for hydroxylation is 2. The molecule has 0 fully saturated rings. The lowest BCUT2D eigenvalue weighted by Crippen LogP contribution is -2.23. The number of aromatic amines is 1. The van der Waals surface area contributed by atoms with E-state index in [1.807, 2.05) is 11.4 Å². The van der Waals surface area contributed by atoms with Crippen molar-refractivity contribution in [2.24, 2.45) is 0 Å². The van der Waals surface area contributed by atoms with Crippen molar-refractivity contribution in [3.63, 3.8) is 0 Å². The fraction of sp³-hybridized carbons (Fsp3) is 0.269. The maximum Gasteiger partial charge on any atom is 0.416 e. The van der Waals surface area contributed by atoms with Gasteiger partial charge in [0.15, 0.2) is 5.16 Å². The van der Waals surface area contributed by atoms with Crippen molar-refractivity contribution in [3.05, 3.63) is 73.8 Å². The van der Waals surface area contributed by atoms with Crippen molar-refractivity contribution in [1.29, 1.82) is 0 Å². The second-order valence-electron chi connectivity index (χ2n) is 8.83. The molecular formula is C26H21ClF3N3O2S2. The molecule has 1 atom stereocenters. The summed E-state index contributed by atoms with van der Waals surface area (Å²) in [6.07, 6.45) is -0.0981. The van der Waals surface area contributed by atoms with E-state index < -0.39 is 22.9 Å². The Morgan fingerprint density at radius 1 is 1.16 bits per heavy atom. The Bertz CT molecular complexity index is 1570. The summed E-state index contributed by atoms with van der Waals surface area (Å²) in [7, 11) is 0. The van der Waals surface area contributed by atoms with E-state index in [1.54, 1.807) is 6.92 Å².